The van der Waals surface area contributed by atoms with Crippen LogP contribution in [0.25, 0.3) is 0 Å². The molecule has 0 aliphatic carbocycles. The van der Waals surface area contributed by atoms with Crippen LogP contribution in [0.5, 0.6) is 0 Å². The normalized spacial score (nSPS) is 14.1. The van der Waals surface area contributed by atoms with Gasteiger partial charge in [-0.25, -0.2) is 0 Å². The molecule has 0 saturated carbocycles. The highest BCUT2D eigenvalue weighted by molar-refractivity contribution is 6.69. The summed E-state index contributed by atoms with van der Waals surface area (Å²) in [5.41, 5.74) is 1.79. The molecule has 20 heavy (non-hydrogen) atoms. The maximum absolute atomic E-state index is 9.39. The first kappa shape index (κ1) is 15.2. The van der Waals surface area contributed by atoms with Crippen LogP contribution in [0.2, 0.25) is 0 Å². The molecule has 0 saturated heterocycles. The Morgan fingerprint density at radius 3 is 1.85 bits per heavy atom. The van der Waals surface area contributed by atoms with Gasteiger partial charge in [-0.3, -0.25) is 0 Å². The maximum Gasteiger partial charge on any atom is 0.203 e. The molecule has 2 rings (SSSR count). The Labute approximate surface area is 132 Å². The fourth-order valence-corrected chi connectivity index (χ4v) is 2.73. The van der Waals surface area contributed by atoms with E-state index in [1.807, 2.05) is 48.5 Å². The molecule has 0 aliphatic heterocycles. The van der Waals surface area contributed by atoms with Crippen LogP contribution in [-0.4, -0.2) is 14.7 Å². The van der Waals surface area contributed by atoms with Gasteiger partial charge in [0.2, 0.25) is 3.79 Å². The van der Waals surface area contributed by atoms with E-state index in [4.69, 9.17) is 34.8 Å². The van der Waals surface area contributed by atoms with Gasteiger partial charge in [0.15, 0.2) is 0 Å². The summed E-state index contributed by atoms with van der Waals surface area (Å²) in [6.07, 6.45) is 0. The number of rotatable bonds is 3. The van der Waals surface area contributed by atoms with E-state index >= 15 is 0 Å². The molecule has 1 atom stereocenters. The summed E-state index contributed by atoms with van der Waals surface area (Å²) in [5, 5.41) is 12.8. The van der Waals surface area contributed by atoms with Crippen molar-refractivity contribution in [3.63, 3.8) is 0 Å². The summed E-state index contributed by atoms with van der Waals surface area (Å²) in [5.74, 6) is -0.666. The number of benzene rings is 2. The predicted octanol–water partition coefficient (Wildman–Crippen LogP) is 5.02. The Morgan fingerprint density at radius 2 is 1.40 bits per heavy atom. The van der Waals surface area contributed by atoms with E-state index in [2.05, 4.69) is 5.16 Å². The molecular formula is C15H12Cl3NO. The molecule has 0 bridgehead atoms. The van der Waals surface area contributed by atoms with Crippen molar-refractivity contribution >= 4 is 40.5 Å². The second kappa shape index (κ2) is 6.49. The van der Waals surface area contributed by atoms with Crippen molar-refractivity contribution in [2.75, 3.05) is 0 Å². The highest BCUT2D eigenvalue weighted by atomic mass is 35.6. The number of hydrogen-bond donors (Lipinski definition) is 1. The van der Waals surface area contributed by atoms with E-state index in [1.165, 1.54) is 0 Å². The molecule has 2 aromatic carbocycles. The van der Waals surface area contributed by atoms with Crippen LogP contribution in [-0.2, 0) is 0 Å². The van der Waals surface area contributed by atoms with E-state index in [0.29, 0.717) is 11.3 Å². The summed E-state index contributed by atoms with van der Waals surface area (Å²) in [6, 6.07) is 18.4. The predicted molar refractivity (Wildman–Crippen MR) is 84.2 cm³/mol. The van der Waals surface area contributed by atoms with E-state index < -0.39 is 9.71 Å². The standard InChI is InChI=1S/C15H12Cl3NO/c16-15(17,18)13(11-7-3-1-4-8-11)14(19-20)12-9-5-2-6-10-12/h1-10,13,20H. The number of hydrogen-bond acceptors (Lipinski definition) is 2. The molecule has 0 amide bonds. The second-order valence-electron chi connectivity index (χ2n) is 4.24. The minimum Gasteiger partial charge on any atom is -0.411 e. The van der Waals surface area contributed by atoms with Gasteiger partial charge in [-0.15, -0.1) is 0 Å². The third kappa shape index (κ3) is 3.45. The Bertz CT molecular complexity index is 579. The van der Waals surface area contributed by atoms with Crippen LogP contribution in [0, 0.1) is 0 Å². The smallest absolute Gasteiger partial charge is 0.203 e. The quantitative estimate of drug-likeness (QED) is 0.365. The summed E-state index contributed by atoms with van der Waals surface area (Å²) in [4.78, 5) is 0. The van der Waals surface area contributed by atoms with Crippen molar-refractivity contribution in [2.24, 2.45) is 5.16 Å². The zero-order valence-electron chi connectivity index (χ0n) is 10.4. The minimum absolute atomic E-state index is 0.316. The van der Waals surface area contributed by atoms with Gasteiger partial charge >= 0.3 is 0 Å². The third-order valence-electron chi connectivity index (χ3n) is 2.91. The van der Waals surface area contributed by atoms with Gasteiger partial charge in [0.1, 0.15) is 0 Å². The second-order valence-corrected chi connectivity index (χ2v) is 6.61. The Hall–Kier alpha value is -1.22. The Kier molecular flexibility index (Phi) is 4.92. The average Bonchev–Trinajstić information content (AvgIpc) is 2.45. The number of alkyl halides is 3. The largest absolute Gasteiger partial charge is 0.411 e. The van der Waals surface area contributed by atoms with Gasteiger partial charge in [0.25, 0.3) is 0 Å². The molecule has 104 valence electrons. The summed E-state index contributed by atoms with van der Waals surface area (Å²) >= 11 is 18.3. The maximum atomic E-state index is 9.39. The zero-order chi connectivity index (χ0) is 14.6. The van der Waals surface area contributed by atoms with Gasteiger partial charge in [-0.2, -0.15) is 0 Å². The number of halogens is 3. The number of oxime groups is 1. The molecule has 2 nitrogen and oxygen atoms in total. The third-order valence-corrected chi connectivity index (χ3v) is 3.57. The zero-order valence-corrected chi connectivity index (χ0v) is 12.6. The molecular weight excluding hydrogens is 317 g/mol. The summed E-state index contributed by atoms with van der Waals surface area (Å²) < 4.78 is -1.63. The lowest BCUT2D eigenvalue weighted by atomic mass is 9.91. The molecule has 0 spiro atoms. The van der Waals surface area contributed by atoms with Crippen LogP contribution in [0.15, 0.2) is 65.8 Å². The first-order valence-electron chi connectivity index (χ1n) is 5.93. The summed E-state index contributed by atoms with van der Waals surface area (Å²) in [7, 11) is 0. The first-order valence-corrected chi connectivity index (χ1v) is 7.06. The van der Waals surface area contributed by atoms with E-state index in [-0.39, 0.29) is 0 Å². The molecule has 5 heteroatoms. The first-order chi connectivity index (χ1) is 9.54. The molecule has 0 fully saturated rings. The lowest BCUT2D eigenvalue weighted by Crippen LogP contribution is -2.26. The van der Waals surface area contributed by atoms with Crippen molar-refractivity contribution < 1.29 is 5.21 Å². The monoisotopic (exact) mass is 327 g/mol. The van der Waals surface area contributed by atoms with Crippen molar-refractivity contribution in [3.05, 3.63) is 71.8 Å². The van der Waals surface area contributed by atoms with Crippen molar-refractivity contribution in [1.29, 1.82) is 0 Å². The van der Waals surface area contributed by atoms with Gasteiger partial charge in [0, 0.05) is 5.56 Å². The van der Waals surface area contributed by atoms with Gasteiger partial charge in [0.05, 0.1) is 11.6 Å². The topological polar surface area (TPSA) is 32.6 Å². The van der Waals surface area contributed by atoms with Crippen LogP contribution in [0.4, 0.5) is 0 Å². The molecule has 0 aliphatic rings. The van der Waals surface area contributed by atoms with Crippen molar-refractivity contribution in [2.45, 2.75) is 9.71 Å². The van der Waals surface area contributed by atoms with Crippen LogP contribution >= 0.6 is 34.8 Å². The number of nitrogens with zero attached hydrogens (tertiary/aromatic N) is 1. The van der Waals surface area contributed by atoms with E-state index in [0.717, 1.165) is 5.56 Å². The fraction of sp³-hybridized carbons (Fsp3) is 0.133. The highest BCUT2D eigenvalue weighted by Crippen LogP contribution is 2.43. The molecule has 1 N–H and O–H groups in total. The van der Waals surface area contributed by atoms with E-state index in [1.54, 1.807) is 12.1 Å². The highest BCUT2D eigenvalue weighted by Gasteiger charge is 2.38. The van der Waals surface area contributed by atoms with Crippen LogP contribution < -0.4 is 0 Å². The average molecular weight is 329 g/mol. The Morgan fingerprint density at radius 1 is 0.900 bits per heavy atom. The van der Waals surface area contributed by atoms with Crippen molar-refractivity contribution in [1.82, 2.24) is 0 Å². The summed E-state index contributed by atoms with van der Waals surface area (Å²) in [6.45, 7) is 0. The van der Waals surface area contributed by atoms with Gasteiger partial charge in [-0.05, 0) is 5.56 Å². The lowest BCUT2D eigenvalue weighted by Gasteiger charge is -2.25. The molecule has 0 radical (unpaired) electrons. The molecule has 1 unspecified atom stereocenters. The lowest BCUT2D eigenvalue weighted by molar-refractivity contribution is 0.317. The van der Waals surface area contributed by atoms with Gasteiger partial charge < -0.3 is 5.21 Å². The SMILES string of the molecule is ON=C(c1ccccc1)C(c1ccccc1)C(Cl)(Cl)Cl. The van der Waals surface area contributed by atoms with Crippen LogP contribution in [0.1, 0.15) is 17.0 Å². The van der Waals surface area contributed by atoms with Gasteiger partial charge in [-0.1, -0.05) is 101 Å². The minimum atomic E-state index is -1.63. The Balaban J connectivity index is 2.52. The molecule has 0 aromatic heterocycles. The molecule has 0 heterocycles. The molecule has 2 aromatic rings. The van der Waals surface area contributed by atoms with Crippen LogP contribution in [0.3, 0.4) is 0 Å². The van der Waals surface area contributed by atoms with Crippen molar-refractivity contribution in [3.8, 4) is 0 Å². The van der Waals surface area contributed by atoms with E-state index in [9.17, 15) is 5.21 Å². The fourth-order valence-electron chi connectivity index (χ4n) is 2.04.